The lowest BCUT2D eigenvalue weighted by atomic mass is 10.2. The third-order valence-electron chi connectivity index (χ3n) is 3.07. The minimum atomic E-state index is -0.0645. The van der Waals surface area contributed by atoms with Crippen LogP contribution in [0.4, 0.5) is 0 Å². The molecule has 148 valence electrons. The fourth-order valence-corrected chi connectivity index (χ4v) is 1.77. The summed E-state index contributed by atoms with van der Waals surface area (Å²) in [7, 11) is 1.63. The zero-order valence-electron chi connectivity index (χ0n) is 15.6. The molecule has 0 aliphatic carbocycles. The topological polar surface area (TPSA) is 92.3 Å². The maximum atomic E-state index is 11.6. The number of Topliss-reactive ketones (excluding diaryl/α,β-unsaturated/α-hetero) is 1. The zero-order chi connectivity index (χ0) is 18.6. The maximum Gasteiger partial charge on any atom is 0.216 e. The highest BCUT2D eigenvalue weighted by atomic mass is 16.5. The molecule has 25 heavy (non-hydrogen) atoms. The Labute approximate surface area is 150 Å². The summed E-state index contributed by atoms with van der Waals surface area (Å²) in [6.45, 7) is 6.50. The molecule has 0 aliphatic rings. The lowest BCUT2D eigenvalue weighted by Crippen LogP contribution is -2.24. The number of carbonyl (C=O) groups excluding carboxylic acids is 2. The average molecular weight is 363 g/mol. The first-order valence-corrected chi connectivity index (χ1v) is 8.73. The average Bonchev–Trinajstić information content (AvgIpc) is 2.58. The summed E-state index contributed by atoms with van der Waals surface area (Å²) < 4.78 is 26.1. The number of hydrogen-bond donors (Lipinski definition) is 1. The third-order valence-corrected chi connectivity index (χ3v) is 3.07. The lowest BCUT2D eigenvalue weighted by Gasteiger charge is -2.07. The maximum absolute atomic E-state index is 11.6. The lowest BCUT2D eigenvalue weighted by molar-refractivity contribution is -0.121. The minimum Gasteiger partial charge on any atom is -0.382 e. The van der Waals surface area contributed by atoms with E-state index >= 15 is 0 Å². The fraction of sp³-hybridized carbons (Fsp3) is 0.882. The Hall–Kier alpha value is -1.06. The van der Waals surface area contributed by atoms with Crippen molar-refractivity contribution in [1.82, 2.24) is 5.32 Å². The van der Waals surface area contributed by atoms with E-state index in [0.29, 0.717) is 85.3 Å². The van der Waals surface area contributed by atoms with Gasteiger partial charge in [0.05, 0.1) is 52.9 Å². The monoisotopic (exact) mass is 363 g/mol. The number of carbonyl (C=O) groups is 2. The molecular formula is C17H33NO7. The van der Waals surface area contributed by atoms with Crippen LogP contribution in [0.25, 0.3) is 0 Å². The van der Waals surface area contributed by atoms with Crippen LogP contribution in [-0.2, 0) is 33.3 Å². The molecular weight excluding hydrogens is 330 g/mol. The molecule has 0 saturated carbocycles. The van der Waals surface area contributed by atoms with Crippen LogP contribution >= 0.6 is 0 Å². The Morgan fingerprint density at radius 3 is 1.92 bits per heavy atom. The van der Waals surface area contributed by atoms with Gasteiger partial charge in [-0.25, -0.2) is 0 Å². The summed E-state index contributed by atoms with van der Waals surface area (Å²) in [5, 5.41) is 2.64. The predicted octanol–water partition coefficient (Wildman–Crippen LogP) is 0.575. The number of nitrogens with one attached hydrogen (secondary N) is 1. The van der Waals surface area contributed by atoms with Crippen molar-refractivity contribution in [3.8, 4) is 0 Å². The summed E-state index contributed by atoms with van der Waals surface area (Å²) in [4.78, 5) is 22.3. The van der Waals surface area contributed by atoms with Crippen molar-refractivity contribution in [2.75, 3.05) is 73.1 Å². The van der Waals surface area contributed by atoms with Crippen LogP contribution in [0.5, 0.6) is 0 Å². The Balaban J connectivity index is 3.16. The van der Waals surface area contributed by atoms with E-state index in [1.807, 2.05) is 0 Å². The molecule has 0 aliphatic heterocycles. The molecule has 0 aromatic rings. The number of methoxy groups -OCH3 is 1. The molecule has 0 radical (unpaired) electrons. The molecule has 0 aromatic carbocycles. The third kappa shape index (κ3) is 20.9. The summed E-state index contributed by atoms with van der Waals surface area (Å²) in [5.41, 5.74) is 0. The molecule has 0 rings (SSSR count). The smallest absolute Gasteiger partial charge is 0.216 e. The van der Waals surface area contributed by atoms with Crippen molar-refractivity contribution in [2.24, 2.45) is 0 Å². The number of ether oxygens (including phenoxy) is 5. The molecule has 0 fully saturated rings. The molecule has 0 saturated heterocycles. The van der Waals surface area contributed by atoms with Gasteiger partial charge in [0.25, 0.3) is 0 Å². The van der Waals surface area contributed by atoms with E-state index in [-0.39, 0.29) is 11.7 Å². The van der Waals surface area contributed by atoms with Gasteiger partial charge in [-0.15, -0.1) is 0 Å². The molecule has 0 atom stereocenters. The van der Waals surface area contributed by atoms with Crippen molar-refractivity contribution >= 4 is 11.7 Å². The molecule has 0 aromatic heterocycles. The number of rotatable bonds is 19. The van der Waals surface area contributed by atoms with Gasteiger partial charge in [-0.1, -0.05) is 0 Å². The van der Waals surface area contributed by atoms with Crippen LogP contribution in [0, 0.1) is 0 Å². The minimum absolute atomic E-state index is 0.0645. The highest BCUT2D eigenvalue weighted by Gasteiger charge is 2.02. The van der Waals surface area contributed by atoms with E-state index in [4.69, 9.17) is 23.7 Å². The van der Waals surface area contributed by atoms with E-state index in [0.717, 1.165) is 0 Å². The molecule has 8 nitrogen and oxygen atoms in total. The summed E-state index contributed by atoms with van der Waals surface area (Å²) in [6, 6.07) is 0. The van der Waals surface area contributed by atoms with Gasteiger partial charge in [0.2, 0.25) is 5.91 Å². The largest absolute Gasteiger partial charge is 0.382 e. The van der Waals surface area contributed by atoms with Gasteiger partial charge in [0.15, 0.2) is 0 Å². The summed E-state index contributed by atoms with van der Waals surface area (Å²) >= 11 is 0. The van der Waals surface area contributed by atoms with Crippen LogP contribution in [0.1, 0.15) is 26.2 Å². The molecule has 0 bridgehead atoms. The number of amides is 1. The zero-order valence-corrected chi connectivity index (χ0v) is 15.6. The fourth-order valence-electron chi connectivity index (χ4n) is 1.77. The SMILES string of the molecule is COCCOCCOCCC(=O)CCCOCCOCCNC(C)=O. The van der Waals surface area contributed by atoms with Crippen LogP contribution in [0.2, 0.25) is 0 Å². The van der Waals surface area contributed by atoms with Crippen molar-refractivity contribution < 1.29 is 33.3 Å². The number of ketones is 1. The van der Waals surface area contributed by atoms with Crippen molar-refractivity contribution in [3.05, 3.63) is 0 Å². The van der Waals surface area contributed by atoms with Gasteiger partial charge in [0.1, 0.15) is 5.78 Å². The number of hydrogen-bond acceptors (Lipinski definition) is 7. The second-order valence-electron chi connectivity index (χ2n) is 5.32. The predicted molar refractivity (Wildman–Crippen MR) is 92.7 cm³/mol. The van der Waals surface area contributed by atoms with Gasteiger partial charge in [0, 0.05) is 40.0 Å². The van der Waals surface area contributed by atoms with E-state index < -0.39 is 0 Å². The highest BCUT2D eigenvalue weighted by molar-refractivity contribution is 5.78. The van der Waals surface area contributed by atoms with Gasteiger partial charge >= 0.3 is 0 Å². The molecule has 8 heteroatoms. The molecule has 0 heterocycles. The van der Waals surface area contributed by atoms with E-state index in [9.17, 15) is 9.59 Å². The first kappa shape index (κ1) is 23.9. The van der Waals surface area contributed by atoms with Crippen LogP contribution in [0.15, 0.2) is 0 Å². The normalized spacial score (nSPS) is 10.8. The van der Waals surface area contributed by atoms with Crippen LogP contribution in [-0.4, -0.2) is 84.8 Å². The van der Waals surface area contributed by atoms with Crippen LogP contribution in [0.3, 0.4) is 0 Å². The summed E-state index contributed by atoms with van der Waals surface area (Å²) in [6.07, 6.45) is 1.62. The van der Waals surface area contributed by atoms with Gasteiger partial charge < -0.3 is 29.0 Å². The molecule has 1 N–H and O–H groups in total. The van der Waals surface area contributed by atoms with Crippen molar-refractivity contribution in [3.63, 3.8) is 0 Å². The Morgan fingerprint density at radius 2 is 1.28 bits per heavy atom. The Morgan fingerprint density at radius 1 is 0.720 bits per heavy atom. The summed E-state index contributed by atoms with van der Waals surface area (Å²) in [5.74, 6) is 0.112. The van der Waals surface area contributed by atoms with E-state index in [1.54, 1.807) is 7.11 Å². The quantitative estimate of drug-likeness (QED) is 0.336. The standard InChI is InChI=1S/C17H33NO7/c1-16(19)18-6-9-24-14-12-22-7-3-4-17(20)5-8-23-13-15-25-11-10-21-2/h3-15H2,1-2H3,(H,18,19). The molecule has 0 unspecified atom stereocenters. The Kier molecular flexibility index (Phi) is 18.5. The first-order chi connectivity index (χ1) is 12.2. The van der Waals surface area contributed by atoms with Gasteiger partial charge in [-0.2, -0.15) is 0 Å². The van der Waals surface area contributed by atoms with Crippen molar-refractivity contribution in [1.29, 1.82) is 0 Å². The van der Waals surface area contributed by atoms with Crippen molar-refractivity contribution in [2.45, 2.75) is 26.2 Å². The second kappa shape index (κ2) is 19.3. The van der Waals surface area contributed by atoms with Gasteiger partial charge in [-0.05, 0) is 6.42 Å². The molecule has 1 amide bonds. The second-order valence-corrected chi connectivity index (χ2v) is 5.32. The van der Waals surface area contributed by atoms with E-state index in [2.05, 4.69) is 5.32 Å². The van der Waals surface area contributed by atoms with Gasteiger partial charge in [-0.3, -0.25) is 9.59 Å². The first-order valence-electron chi connectivity index (χ1n) is 8.73. The van der Waals surface area contributed by atoms with E-state index in [1.165, 1.54) is 6.92 Å². The highest BCUT2D eigenvalue weighted by Crippen LogP contribution is 1.97. The Bertz CT molecular complexity index is 326. The van der Waals surface area contributed by atoms with Crippen LogP contribution < -0.4 is 5.32 Å². The molecule has 0 spiro atoms.